The molecule has 0 amide bonds. The van der Waals surface area contributed by atoms with Crippen LogP contribution in [0.2, 0.25) is 0 Å². The maximum absolute atomic E-state index is 5.14. The van der Waals surface area contributed by atoms with Crippen LogP contribution < -0.4 is 0 Å². The average molecular weight is 703 g/mol. The van der Waals surface area contributed by atoms with E-state index in [0.29, 0.717) is 17.5 Å². The van der Waals surface area contributed by atoms with Crippen molar-refractivity contribution in [3.8, 4) is 73.2 Å². The second-order valence-electron chi connectivity index (χ2n) is 13.7. The Morgan fingerprint density at radius 1 is 0.273 bits per heavy atom. The van der Waals surface area contributed by atoms with Gasteiger partial charge in [-0.25, -0.2) is 15.0 Å². The van der Waals surface area contributed by atoms with E-state index in [1.54, 1.807) is 0 Å². The van der Waals surface area contributed by atoms with Crippen LogP contribution in [0.5, 0.6) is 0 Å². The van der Waals surface area contributed by atoms with Crippen LogP contribution in [0.4, 0.5) is 0 Å². The fraction of sp³-hybridized carbons (Fsp3) is 0. The van der Waals surface area contributed by atoms with Gasteiger partial charge in [-0.15, -0.1) is 0 Å². The molecule has 0 aliphatic rings. The number of benzene rings is 8. The van der Waals surface area contributed by atoms with Gasteiger partial charge in [0.05, 0.1) is 11.0 Å². The molecule has 4 nitrogen and oxygen atoms in total. The van der Waals surface area contributed by atoms with E-state index in [4.69, 9.17) is 15.0 Å². The molecule has 0 N–H and O–H groups in total. The lowest BCUT2D eigenvalue weighted by Crippen LogP contribution is -2.01. The summed E-state index contributed by atoms with van der Waals surface area (Å²) in [5, 5.41) is 2.43. The Balaban J connectivity index is 1.09. The summed E-state index contributed by atoms with van der Waals surface area (Å²) in [6.07, 6.45) is 0. The maximum Gasteiger partial charge on any atom is 0.164 e. The molecule has 0 bridgehead atoms. The molecule has 0 atom stereocenters. The molecule has 0 saturated heterocycles. The van der Waals surface area contributed by atoms with Crippen LogP contribution in [-0.2, 0) is 0 Å². The van der Waals surface area contributed by atoms with Crippen molar-refractivity contribution in [2.24, 2.45) is 0 Å². The van der Waals surface area contributed by atoms with Crippen LogP contribution in [-0.4, -0.2) is 19.5 Å². The molecule has 10 aromatic rings. The van der Waals surface area contributed by atoms with Crippen molar-refractivity contribution in [2.75, 3.05) is 0 Å². The Labute approximate surface area is 319 Å². The lowest BCUT2D eigenvalue weighted by Gasteiger charge is -2.13. The lowest BCUT2D eigenvalue weighted by atomic mass is 9.94. The van der Waals surface area contributed by atoms with E-state index in [2.05, 4.69) is 180 Å². The summed E-state index contributed by atoms with van der Waals surface area (Å²) >= 11 is 0. The highest BCUT2D eigenvalue weighted by atomic mass is 15.0. The SMILES string of the molecule is c1ccc(-c2ccc3c4ccccc4n(-c4cccc(-c5nc(-c6ccccc6)nc(-c6ccc(-c7ccccc7-c7ccccc7)cc6)n5)c4)c3c2)cc1. The normalized spacial score (nSPS) is 11.3. The van der Waals surface area contributed by atoms with Crippen molar-refractivity contribution in [2.45, 2.75) is 0 Å². The second-order valence-corrected chi connectivity index (χ2v) is 13.7. The van der Waals surface area contributed by atoms with Crippen molar-refractivity contribution in [3.63, 3.8) is 0 Å². The number of aromatic nitrogens is 4. The highest BCUT2D eigenvalue weighted by Gasteiger charge is 2.17. The number of hydrogen-bond acceptors (Lipinski definition) is 3. The molecule has 0 aliphatic carbocycles. The van der Waals surface area contributed by atoms with E-state index in [-0.39, 0.29) is 0 Å². The molecule has 4 heteroatoms. The standard InChI is InChI=1S/C51H34N4/c1-4-15-35(16-5-1)40-31-32-46-45-25-12-13-26-47(45)55(48(46)34-40)42-22-14-21-41(33-42)51-53-49(38-19-8-3-9-20-38)52-50(54-51)39-29-27-37(28-30-39)44-24-11-10-23-43(44)36-17-6-2-7-18-36/h1-34H. The van der Waals surface area contributed by atoms with Gasteiger partial charge in [0.15, 0.2) is 17.5 Å². The molecule has 8 aromatic carbocycles. The van der Waals surface area contributed by atoms with Gasteiger partial charge in [0, 0.05) is 33.2 Å². The quantitative estimate of drug-likeness (QED) is 0.166. The average Bonchev–Trinajstić information content (AvgIpc) is 3.61. The monoisotopic (exact) mass is 702 g/mol. The Bertz CT molecular complexity index is 2950. The van der Waals surface area contributed by atoms with Crippen molar-refractivity contribution >= 4 is 21.8 Å². The number of nitrogens with zero attached hydrogens (tertiary/aromatic N) is 4. The minimum Gasteiger partial charge on any atom is -0.309 e. The van der Waals surface area contributed by atoms with Gasteiger partial charge in [-0.2, -0.15) is 0 Å². The molecule has 0 saturated carbocycles. The van der Waals surface area contributed by atoms with Crippen molar-refractivity contribution in [3.05, 3.63) is 206 Å². The molecule has 0 unspecified atom stereocenters. The van der Waals surface area contributed by atoms with Crippen LogP contribution in [0.1, 0.15) is 0 Å². The Morgan fingerprint density at radius 3 is 1.40 bits per heavy atom. The zero-order chi connectivity index (χ0) is 36.6. The first kappa shape index (κ1) is 32.2. The van der Waals surface area contributed by atoms with Crippen molar-refractivity contribution in [1.82, 2.24) is 19.5 Å². The highest BCUT2D eigenvalue weighted by Crippen LogP contribution is 2.37. The summed E-state index contributed by atoms with van der Waals surface area (Å²) in [6, 6.07) is 72.2. The van der Waals surface area contributed by atoms with Crippen LogP contribution in [0.25, 0.3) is 95.0 Å². The molecule has 2 heterocycles. The third-order valence-electron chi connectivity index (χ3n) is 10.3. The predicted molar refractivity (Wildman–Crippen MR) is 227 cm³/mol. The Kier molecular flexibility index (Phi) is 8.12. The molecule has 0 fully saturated rings. The van der Waals surface area contributed by atoms with Gasteiger partial charge in [0.1, 0.15) is 0 Å². The van der Waals surface area contributed by atoms with Gasteiger partial charge in [-0.05, 0) is 57.6 Å². The van der Waals surface area contributed by atoms with E-state index < -0.39 is 0 Å². The largest absolute Gasteiger partial charge is 0.309 e. The van der Waals surface area contributed by atoms with Gasteiger partial charge < -0.3 is 4.57 Å². The van der Waals surface area contributed by atoms with Crippen LogP contribution in [0, 0.1) is 0 Å². The second kappa shape index (κ2) is 13.8. The summed E-state index contributed by atoms with van der Waals surface area (Å²) in [4.78, 5) is 15.2. The third kappa shape index (κ3) is 6.06. The first-order valence-electron chi connectivity index (χ1n) is 18.5. The third-order valence-corrected chi connectivity index (χ3v) is 10.3. The lowest BCUT2D eigenvalue weighted by molar-refractivity contribution is 1.07. The van der Waals surface area contributed by atoms with Crippen LogP contribution in [0.15, 0.2) is 206 Å². The molecule has 0 aliphatic heterocycles. The first-order chi connectivity index (χ1) is 27.3. The van der Waals surface area contributed by atoms with E-state index in [9.17, 15) is 0 Å². The molecule has 258 valence electrons. The molecule has 0 radical (unpaired) electrons. The topological polar surface area (TPSA) is 43.6 Å². The van der Waals surface area contributed by atoms with Crippen LogP contribution in [0.3, 0.4) is 0 Å². The summed E-state index contributed by atoms with van der Waals surface area (Å²) < 4.78 is 2.35. The predicted octanol–water partition coefficient (Wildman–Crippen LogP) is 13.0. The van der Waals surface area contributed by atoms with Gasteiger partial charge in [-0.3, -0.25) is 0 Å². The Morgan fingerprint density at radius 2 is 0.727 bits per heavy atom. The van der Waals surface area contributed by atoms with E-state index in [0.717, 1.165) is 39.0 Å². The zero-order valence-electron chi connectivity index (χ0n) is 29.9. The summed E-state index contributed by atoms with van der Waals surface area (Å²) in [6.45, 7) is 0. The van der Waals surface area contributed by atoms with Gasteiger partial charge >= 0.3 is 0 Å². The van der Waals surface area contributed by atoms with Crippen molar-refractivity contribution < 1.29 is 0 Å². The highest BCUT2D eigenvalue weighted by molar-refractivity contribution is 6.10. The zero-order valence-corrected chi connectivity index (χ0v) is 29.9. The summed E-state index contributed by atoms with van der Waals surface area (Å²) in [5.41, 5.74) is 13.2. The van der Waals surface area contributed by atoms with E-state index in [1.165, 1.54) is 38.6 Å². The summed E-state index contributed by atoms with van der Waals surface area (Å²) in [5.74, 6) is 1.88. The fourth-order valence-corrected chi connectivity index (χ4v) is 7.60. The molecule has 10 rings (SSSR count). The minimum atomic E-state index is 0.620. The maximum atomic E-state index is 5.14. The van der Waals surface area contributed by atoms with Gasteiger partial charge in [-0.1, -0.05) is 182 Å². The molecule has 0 spiro atoms. The first-order valence-corrected chi connectivity index (χ1v) is 18.5. The molecular weight excluding hydrogens is 669 g/mol. The van der Waals surface area contributed by atoms with E-state index in [1.807, 2.05) is 30.3 Å². The minimum absolute atomic E-state index is 0.620. The van der Waals surface area contributed by atoms with Gasteiger partial charge in [0.2, 0.25) is 0 Å². The number of hydrogen-bond donors (Lipinski definition) is 0. The number of fused-ring (bicyclic) bond motifs is 3. The van der Waals surface area contributed by atoms with E-state index >= 15 is 0 Å². The number of para-hydroxylation sites is 1. The molecular formula is C51H34N4. The molecule has 2 aromatic heterocycles. The smallest absolute Gasteiger partial charge is 0.164 e. The fourth-order valence-electron chi connectivity index (χ4n) is 7.60. The van der Waals surface area contributed by atoms with Gasteiger partial charge in [0.25, 0.3) is 0 Å². The number of rotatable bonds is 7. The molecule has 55 heavy (non-hydrogen) atoms. The van der Waals surface area contributed by atoms with Crippen molar-refractivity contribution in [1.29, 1.82) is 0 Å². The van der Waals surface area contributed by atoms with Crippen LogP contribution >= 0.6 is 0 Å². The Hall–Kier alpha value is -7.43. The summed E-state index contributed by atoms with van der Waals surface area (Å²) in [7, 11) is 0.